The van der Waals surface area contributed by atoms with Gasteiger partial charge in [0.15, 0.2) is 0 Å². The van der Waals surface area contributed by atoms with Gasteiger partial charge in [0.25, 0.3) is 6.47 Å². The molecule has 0 aliphatic heterocycles. The van der Waals surface area contributed by atoms with Gasteiger partial charge in [-0.1, -0.05) is 169 Å². The fourth-order valence-electron chi connectivity index (χ4n) is 6.97. The summed E-state index contributed by atoms with van der Waals surface area (Å²) in [6.45, 7) is 14.9. The Kier molecular flexibility index (Phi) is 46.9. The molecule has 0 aromatic carbocycles. The predicted octanol–water partition coefficient (Wildman–Crippen LogP) is 13.7. The fourth-order valence-corrected chi connectivity index (χ4v) is 6.97. The monoisotopic (exact) mass is 740 g/mol. The number of hydrogen-bond donors (Lipinski definition) is 1. The van der Waals surface area contributed by atoms with Gasteiger partial charge < -0.3 is 19.5 Å². The third-order valence-electron chi connectivity index (χ3n) is 10.4. The van der Waals surface area contributed by atoms with Crippen molar-refractivity contribution in [1.82, 2.24) is 4.90 Å². The van der Waals surface area contributed by atoms with Crippen LogP contribution in [0, 0.1) is 0 Å². The smallest absolute Gasteiger partial charge is 0.306 e. The molecule has 6 nitrogen and oxygen atoms in total. The Hall–Kier alpha value is -1.14. The first-order valence-electron chi connectivity index (χ1n) is 23.1. The highest BCUT2D eigenvalue weighted by Crippen LogP contribution is 2.19. The number of esters is 1. The molecule has 0 radical (unpaired) electrons. The van der Waals surface area contributed by atoms with Crippen molar-refractivity contribution < 1.29 is 24.2 Å². The largest absolute Gasteiger partial charge is 0.465 e. The zero-order valence-corrected chi connectivity index (χ0v) is 35.9. The molecule has 0 saturated heterocycles. The normalized spacial score (nSPS) is 11.8. The highest BCUT2D eigenvalue weighted by Gasteiger charge is 2.14. The van der Waals surface area contributed by atoms with Gasteiger partial charge in [0.05, 0.1) is 6.61 Å². The van der Waals surface area contributed by atoms with Gasteiger partial charge in [0.1, 0.15) is 12.2 Å². The summed E-state index contributed by atoms with van der Waals surface area (Å²) < 4.78 is 11.1. The summed E-state index contributed by atoms with van der Waals surface area (Å²) in [5, 5.41) is 9.33. The van der Waals surface area contributed by atoms with Crippen LogP contribution in [-0.4, -0.2) is 60.9 Å². The minimum Gasteiger partial charge on any atom is -0.465 e. The van der Waals surface area contributed by atoms with Crippen LogP contribution < -0.4 is 0 Å². The minimum absolute atomic E-state index is 0.0127. The van der Waals surface area contributed by atoms with Crippen LogP contribution >= 0.6 is 0 Å². The molecule has 0 spiro atoms. The van der Waals surface area contributed by atoms with Crippen molar-refractivity contribution in [2.45, 2.75) is 259 Å². The molecule has 0 aliphatic carbocycles. The van der Waals surface area contributed by atoms with Gasteiger partial charge in [-0.25, -0.2) is 0 Å². The maximum Gasteiger partial charge on any atom is 0.306 e. The Labute approximate surface area is 325 Å². The molecule has 6 heteroatoms. The standard InChI is InChI=1S/C31H63NO3.C15H30O2/c1-4-7-10-13-15-18-23-30(24-19-16-14-11-8-5-2)35-31(34)25-20-17-22-27-32(28-29-33)26-21-12-9-6-3;1-3-5-7-9-11-13-15(17-14-16)12-10-8-6-4-2/h30,33H,4-29H2,1-3H3;14-15H,3-13H2,1-2H3. The number of aliphatic hydroxyl groups is 1. The Morgan fingerprint density at radius 3 is 1.23 bits per heavy atom. The molecule has 0 rings (SSSR count). The zero-order chi connectivity index (χ0) is 38.6. The number of carbonyl (C=O) groups is 2. The molecule has 0 amide bonds. The number of nitrogens with zero attached hydrogens (tertiary/aromatic N) is 1. The van der Waals surface area contributed by atoms with E-state index < -0.39 is 0 Å². The second-order valence-corrected chi connectivity index (χ2v) is 15.6. The van der Waals surface area contributed by atoms with Crippen LogP contribution in [0.1, 0.15) is 247 Å². The quantitative estimate of drug-likeness (QED) is 0.0382. The molecule has 1 N–H and O–H groups in total. The fraction of sp³-hybridized carbons (Fsp3) is 0.957. The first-order chi connectivity index (χ1) is 25.5. The summed E-state index contributed by atoms with van der Waals surface area (Å²) in [5.74, 6) is 0.0127. The number of ether oxygens (including phenoxy) is 2. The molecule has 0 aromatic rings. The molecule has 1 atom stereocenters. The van der Waals surface area contributed by atoms with Crippen LogP contribution in [0.25, 0.3) is 0 Å². The molecule has 0 heterocycles. The zero-order valence-electron chi connectivity index (χ0n) is 35.9. The van der Waals surface area contributed by atoms with E-state index in [4.69, 9.17) is 9.47 Å². The van der Waals surface area contributed by atoms with Gasteiger partial charge in [-0.3, -0.25) is 9.59 Å². The van der Waals surface area contributed by atoms with E-state index in [0.29, 0.717) is 12.9 Å². The van der Waals surface area contributed by atoms with E-state index in [1.54, 1.807) is 0 Å². The lowest BCUT2D eigenvalue weighted by molar-refractivity contribution is -0.150. The van der Waals surface area contributed by atoms with E-state index in [-0.39, 0.29) is 24.8 Å². The maximum atomic E-state index is 12.5. The third-order valence-corrected chi connectivity index (χ3v) is 10.4. The van der Waals surface area contributed by atoms with Gasteiger partial charge >= 0.3 is 5.97 Å². The minimum atomic E-state index is 0.0127. The third kappa shape index (κ3) is 41.6. The number of hydrogen-bond acceptors (Lipinski definition) is 6. The lowest BCUT2D eigenvalue weighted by Gasteiger charge is -2.21. The van der Waals surface area contributed by atoms with E-state index in [0.717, 1.165) is 64.6 Å². The van der Waals surface area contributed by atoms with Crippen molar-refractivity contribution in [2.24, 2.45) is 0 Å². The molecule has 312 valence electrons. The van der Waals surface area contributed by atoms with Gasteiger partial charge in [0, 0.05) is 13.0 Å². The second-order valence-electron chi connectivity index (χ2n) is 15.6. The average molecular weight is 740 g/mol. The molecule has 1 unspecified atom stereocenters. The van der Waals surface area contributed by atoms with Crippen LogP contribution in [0.15, 0.2) is 0 Å². The summed E-state index contributed by atoms with van der Waals surface area (Å²) in [6.07, 6.45) is 40.1. The van der Waals surface area contributed by atoms with Crippen molar-refractivity contribution in [3.8, 4) is 0 Å². The van der Waals surface area contributed by atoms with Crippen LogP contribution in [0.2, 0.25) is 0 Å². The van der Waals surface area contributed by atoms with E-state index in [2.05, 4.69) is 39.5 Å². The van der Waals surface area contributed by atoms with Crippen LogP contribution in [0.3, 0.4) is 0 Å². The lowest BCUT2D eigenvalue weighted by atomic mass is 10.0. The Morgan fingerprint density at radius 2 is 0.827 bits per heavy atom. The van der Waals surface area contributed by atoms with Gasteiger partial charge in [-0.2, -0.15) is 0 Å². The molecule has 0 fully saturated rings. The summed E-state index contributed by atoms with van der Waals surface area (Å²) >= 11 is 0. The molecule has 0 bridgehead atoms. The maximum absolute atomic E-state index is 12.5. The van der Waals surface area contributed by atoms with Gasteiger partial charge in [-0.15, -0.1) is 0 Å². The number of unbranched alkanes of at least 4 members (excludes halogenated alkanes) is 22. The second kappa shape index (κ2) is 46.0. The van der Waals surface area contributed by atoms with Gasteiger partial charge in [0.2, 0.25) is 0 Å². The molecular weight excluding hydrogens is 647 g/mol. The van der Waals surface area contributed by atoms with Crippen LogP contribution in [-0.2, 0) is 19.1 Å². The first kappa shape index (κ1) is 53.0. The highest BCUT2D eigenvalue weighted by atomic mass is 16.5. The lowest BCUT2D eigenvalue weighted by Crippen LogP contribution is -2.29. The summed E-state index contributed by atoms with van der Waals surface area (Å²) in [5.41, 5.74) is 0. The van der Waals surface area contributed by atoms with Crippen molar-refractivity contribution in [2.75, 3.05) is 26.2 Å². The molecule has 0 aliphatic rings. The highest BCUT2D eigenvalue weighted by molar-refractivity contribution is 5.69. The molecule has 0 saturated carbocycles. The van der Waals surface area contributed by atoms with Crippen LogP contribution in [0.5, 0.6) is 0 Å². The van der Waals surface area contributed by atoms with Crippen LogP contribution in [0.4, 0.5) is 0 Å². The van der Waals surface area contributed by atoms with Crippen molar-refractivity contribution in [3.63, 3.8) is 0 Å². The summed E-state index contributed by atoms with van der Waals surface area (Å²) in [6, 6.07) is 0. The Morgan fingerprint density at radius 1 is 0.481 bits per heavy atom. The number of carbonyl (C=O) groups excluding carboxylic acids is 2. The first-order valence-corrected chi connectivity index (χ1v) is 23.1. The summed E-state index contributed by atoms with van der Waals surface area (Å²) in [4.78, 5) is 25.3. The topological polar surface area (TPSA) is 76.1 Å². The van der Waals surface area contributed by atoms with Crippen molar-refractivity contribution in [3.05, 3.63) is 0 Å². The molecule has 0 aromatic heterocycles. The average Bonchev–Trinajstić information content (AvgIpc) is 3.14. The SMILES string of the molecule is CCCCCCCC(CCCCCC)OC=O.CCCCCCCCC(CCCCCCCC)OC(=O)CCCCCN(CCO)CCCCCC. The molecular formula is C46H93NO5. The number of rotatable bonds is 41. The van der Waals surface area contributed by atoms with Gasteiger partial charge in [-0.05, 0) is 83.7 Å². The number of aliphatic hydroxyl groups excluding tert-OH is 1. The Bertz CT molecular complexity index is 674. The predicted molar refractivity (Wildman–Crippen MR) is 225 cm³/mol. The van der Waals surface area contributed by atoms with E-state index in [1.165, 1.54) is 161 Å². The Balaban J connectivity index is 0. The van der Waals surface area contributed by atoms with E-state index in [1.807, 2.05) is 0 Å². The van der Waals surface area contributed by atoms with E-state index >= 15 is 0 Å². The van der Waals surface area contributed by atoms with Crippen molar-refractivity contribution in [1.29, 1.82) is 0 Å². The molecule has 52 heavy (non-hydrogen) atoms. The van der Waals surface area contributed by atoms with Crippen molar-refractivity contribution >= 4 is 12.4 Å². The van der Waals surface area contributed by atoms with E-state index in [9.17, 15) is 14.7 Å². The summed E-state index contributed by atoms with van der Waals surface area (Å²) in [7, 11) is 0.